The molecule has 1 fully saturated rings. The van der Waals surface area contributed by atoms with Crippen molar-refractivity contribution >= 4 is 40.7 Å². The summed E-state index contributed by atoms with van der Waals surface area (Å²) in [6.45, 7) is 1.43. The number of nitrogens with zero attached hydrogens (tertiary/aromatic N) is 3. The van der Waals surface area contributed by atoms with Crippen molar-refractivity contribution in [2.45, 2.75) is 25.9 Å². The number of carbonyl (C=O) groups excluding carboxylic acids is 4. The van der Waals surface area contributed by atoms with Crippen LogP contribution in [0.15, 0.2) is 66.3 Å². The van der Waals surface area contributed by atoms with Crippen LogP contribution in [0.1, 0.15) is 28.6 Å². The van der Waals surface area contributed by atoms with Crippen LogP contribution in [-0.4, -0.2) is 39.6 Å². The Labute approximate surface area is 188 Å². The summed E-state index contributed by atoms with van der Waals surface area (Å²) in [6.07, 6.45) is 3.13. The van der Waals surface area contributed by atoms with E-state index in [-0.39, 0.29) is 18.9 Å². The smallest absolute Gasteiger partial charge is 0.308 e. The van der Waals surface area contributed by atoms with Gasteiger partial charge in [-0.2, -0.15) is 0 Å². The van der Waals surface area contributed by atoms with Gasteiger partial charge in [-0.3, -0.25) is 24.2 Å². The van der Waals surface area contributed by atoms with Crippen molar-refractivity contribution in [3.63, 3.8) is 0 Å². The van der Waals surface area contributed by atoms with Gasteiger partial charge in [-0.15, -0.1) is 11.3 Å². The normalized spacial score (nSPS) is 15.7. The van der Waals surface area contributed by atoms with E-state index in [9.17, 15) is 19.2 Å². The van der Waals surface area contributed by atoms with Crippen LogP contribution in [0, 0.1) is 0 Å². The fraction of sp³-hybridized carbons (Fsp3) is 0.174. The van der Waals surface area contributed by atoms with Crippen molar-refractivity contribution in [3.05, 3.63) is 76.7 Å². The van der Waals surface area contributed by atoms with Gasteiger partial charge in [-0.25, -0.2) is 4.90 Å². The number of benzene rings is 1. The number of imide groups is 1. The summed E-state index contributed by atoms with van der Waals surface area (Å²) in [6, 6.07) is 12.2. The topological polar surface area (TPSA) is 96.9 Å². The highest BCUT2D eigenvalue weighted by atomic mass is 32.1. The summed E-state index contributed by atoms with van der Waals surface area (Å²) in [5.41, 5.74) is 1.10. The number of carbonyl (C=O) groups is 4. The third-order valence-corrected chi connectivity index (χ3v) is 5.78. The molecule has 9 heteroatoms. The highest BCUT2D eigenvalue weighted by molar-refractivity contribution is 7.12. The zero-order valence-corrected chi connectivity index (χ0v) is 18.0. The average Bonchev–Trinajstić information content (AvgIpc) is 3.41. The number of esters is 1. The summed E-state index contributed by atoms with van der Waals surface area (Å²) in [4.78, 5) is 57.5. The first-order valence-corrected chi connectivity index (χ1v) is 10.7. The predicted octanol–water partition coefficient (Wildman–Crippen LogP) is 3.04. The van der Waals surface area contributed by atoms with Gasteiger partial charge in [0, 0.05) is 25.9 Å². The van der Waals surface area contributed by atoms with E-state index in [0.29, 0.717) is 16.3 Å². The lowest BCUT2D eigenvalue weighted by Crippen LogP contribution is -2.45. The molecular formula is C23H19N3O5S. The number of hydrogen-bond donors (Lipinski definition) is 0. The molecule has 3 amide bonds. The second-order valence-corrected chi connectivity index (χ2v) is 8.09. The fourth-order valence-corrected chi connectivity index (χ4v) is 4.19. The number of anilines is 1. The van der Waals surface area contributed by atoms with Gasteiger partial charge in [0.15, 0.2) is 0 Å². The van der Waals surface area contributed by atoms with E-state index < -0.39 is 23.8 Å². The van der Waals surface area contributed by atoms with Crippen molar-refractivity contribution in [1.29, 1.82) is 0 Å². The summed E-state index contributed by atoms with van der Waals surface area (Å²) in [7, 11) is 0. The van der Waals surface area contributed by atoms with Crippen LogP contribution in [-0.2, 0) is 20.9 Å². The van der Waals surface area contributed by atoms with Crippen molar-refractivity contribution in [3.8, 4) is 5.75 Å². The first-order valence-electron chi connectivity index (χ1n) is 9.82. The molecule has 1 saturated heterocycles. The quantitative estimate of drug-likeness (QED) is 0.326. The van der Waals surface area contributed by atoms with Gasteiger partial charge in [-0.1, -0.05) is 12.1 Å². The number of hydrogen-bond acceptors (Lipinski definition) is 7. The van der Waals surface area contributed by atoms with Crippen LogP contribution in [0.2, 0.25) is 0 Å². The number of rotatable bonds is 6. The molecule has 0 radical (unpaired) electrons. The second-order valence-electron chi connectivity index (χ2n) is 7.15. The van der Waals surface area contributed by atoms with Crippen LogP contribution in [0.5, 0.6) is 5.75 Å². The van der Waals surface area contributed by atoms with Gasteiger partial charge in [0.1, 0.15) is 11.8 Å². The number of amides is 3. The Bertz CT molecular complexity index is 1150. The summed E-state index contributed by atoms with van der Waals surface area (Å²) in [5, 5.41) is 1.79. The fourth-order valence-electron chi connectivity index (χ4n) is 3.51. The Kier molecular flexibility index (Phi) is 6.09. The van der Waals surface area contributed by atoms with E-state index in [1.54, 1.807) is 36.0 Å². The third-order valence-electron chi connectivity index (χ3n) is 4.92. The van der Waals surface area contributed by atoms with E-state index in [1.165, 1.54) is 47.4 Å². The molecule has 0 saturated carbocycles. The van der Waals surface area contributed by atoms with E-state index >= 15 is 0 Å². The Morgan fingerprint density at radius 3 is 2.56 bits per heavy atom. The summed E-state index contributed by atoms with van der Waals surface area (Å²) in [5.74, 6) is -1.37. The van der Waals surface area contributed by atoms with E-state index in [2.05, 4.69) is 4.98 Å². The number of ether oxygens (including phenoxy) is 1. The maximum absolute atomic E-state index is 13.3. The van der Waals surface area contributed by atoms with Crippen LogP contribution in [0.25, 0.3) is 0 Å². The highest BCUT2D eigenvalue weighted by Crippen LogP contribution is 2.29. The molecule has 3 aromatic rings. The minimum Gasteiger partial charge on any atom is -0.427 e. The Morgan fingerprint density at radius 1 is 1.16 bits per heavy atom. The van der Waals surface area contributed by atoms with Crippen molar-refractivity contribution in [1.82, 2.24) is 9.88 Å². The standard InChI is InChI=1S/C23H19N3O5S/c1-15(27)31-18-8-6-17(7-9-18)26-21(28)12-19(22(26)29)25(14-16-4-2-10-24-13-16)23(30)20-5-3-11-32-20/h2-11,13,19H,12,14H2,1H3. The van der Waals surface area contributed by atoms with Crippen molar-refractivity contribution in [2.75, 3.05) is 4.90 Å². The molecule has 1 unspecified atom stereocenters. The molecule has 162 valence electrons. The van der Waals surface area contributed by atoms with E-state index in [0.717, 1.165) is 10.5 Å². The number of pyridine rings is 1. The zero-order valence-electron chi connectivity index (χ0n) is 17.1. The Hall–Kier alpha value is -3.85. The molecule has 2 aromatic heterocycles. The molecule has 4 rings (SSSR count). The third kappa shape index (κ3) is 4.42. The molecule has 0 N–H and O–H groups in total. The Morgan fingerprint density at radius 2 is 1.94 bits per heavy atom. The molecular weight excluding hydrogens is 430 g/mol. The first kappa shape index (κ1) is 21.4. The minimum atomic E-state index is -0.939. The Balaban J connectivity index is 1.62. The van der Waals surface area contributed by atoms with Gasteiger partial charge in [-0.05, 0) is 47.3 Å². The van der Waals surface area contributed by atoms with Gasteiger partial charge in [0.25, 0.3) is 11.8 Å². The minimum absolute atomic E-state index is 0.123. The molecule has 1 atom stereocenters. The van der Waals surface area contributed by atoms with Crippen LogP contribution >= 0.6 is 11.3 Å². The van der Waals surface area contributed by atoms with Crippen molar-refractivity contribution in [2.24, 2.45) is 0 Å². The largest absolute Gasteiger partial charge is 0.427 e. The van der Waals surface area contributed by atoms with Gasteiger partial charge in [0.05, 0.1) is 17.0 Å². The van der Waals surface area contributed by atoms with Gasteiger partial charge in [0.2, 0.25) is 5.91 Å². The zero-order chi connectivity index (χ0) is 22.7. The van der Waals surface area contributed by atoms with Crippen molar-refractivity contribution < 1.29 is 23.9 Å². The molecule has 1 aliphatic rings. The van der Waals surface area contributed by atoms with Crippen LogP contribution in [0.3, 0.4) is 0 Å². The molecule has 1 aliphatic heterocycles. The molecule has 0 spiro atoms. The highest BCUT2D eigenvalue weighted by Gasteiger charge is 2.44. The lowest BCUT2D eigenvalue weighted by atomic mass is 10.1. The van der Waals surface area contributed by atoms with Gasteiger partial charge < -0.3 is 9.64 Å². The molecule has 32 heavy (non-hydrogen) atoms. The molecule has 1 aromatic carbocycles. The van der Waals surface area contributed by atoms with E-state index in [4.69, 9.17) is 4.74 Å². The predicted molar refractivity (Wildman–Crippen MR) is 117 cm³/mol. The maximum atomic E-state index is 13.3. The summed E-state index contributed by atoms with van der Waals surface area (Å²) < 4.78 is 5.00. The molecule has 8 nitrogen and oxygen atoms in total. The molecule has 0 aliphatic carbocycles. The second kappa shape index (κ2) is 9.11. The maximum Gasteiger partial charge on any atom is 0.308 e. The monoisotopic (exact) mass is 449 g/mol. The first-order chi connectivity index (χ1) is 15.4. The SMILES string of the molecule is CC(=O)Oc1ccc(N2C(=O)CC(N(Cc3cccnc3)C(=O)c3cccs3)C2=O)cc1. The number of aromatic nitrogens is 1. The van der Waals surface area contributed by atoms with E-state index in [1.807, 2.05) is 6.07 Å². The average molecular weight is 449 g/mol. The molecule has 3 heterocycles. The van der Waals surface area contributed by atoms with Crippen LogP contribution in [0.4, 0.5) is 5.69 Å². The number of thiophene rings is 1. The molecule has 0 bridgehead atoms. The van der Waals surface area contributed by atoms with Crippen LogP contribution < -0.4 is 9.64 Å². The lowest BCUT2D eigenvalue weighted by molar-refractivity contribution is -0.132. The lowest BCUT2D eigenvalue weighted by Gasteiger charge is -2.27. The van der Waals surface area contributed by atoms with Gasteiger partial charge >= 0.3 is 5.97 Å². The summed E-state index contributed by atoms with van der Waals surface area (Å²) >= 11 is 1.28.